The van der Waals surface area contributed by atoms with Crippen molar-refractivity contribution in [2.45, 2.75) is 6.54 Å². The van der Waals surface area contributed by atoms with Gasteiger partial charge in [-0.1, -0.05) is 28.1 Å². The zero-order valence-corrected chi connectivity index (χ0v) is 14.9. The highest BCUT2D eigenvalue weighted by atomic mass is 79.9. The van der Waals surface area contributed by atoms with Gasteiger partial charge < -0.3 is 14.8 Å². The Morgan fingerprint density at radius 1 is 1.17 bits per heavy atom. The van der Waals surface area contributed by atoms with Crippen molar-refractivity contribution in [2.24, 2.45) is 0 Å². The Balaban J connectivity index is 1.92. The van der Waals surface area contributed by atoms with Crippen molar-refractivity contribution in [3.63, 3.8) is 0 Å². The van der Waals surface area contributed by atoms with E-state index in [2.05, 4.69) is 26.2 Å². The van der Waals surface area contributed by atoms with E-state index in [4.69, 9.17) is 9.47 Å². The van der Waals surface area contributed by atoms with Gasteiger partial charge in [-0.2, -0.15) is 0 Å². The second-order valence-corrected chi connectivity index (χ2v) is 6.00. The van der Waals surface area contributed by atoms with Gasteiger partial charge in [-0.3, -0.25) is 0 Å². The summed E-state index contributed by atoms with van der Waals surface area (Å²) < 4.78 is 25.3. The number of ether oxygens (including phenoxy) is 2. The van der Waals surface area contributed by atoms with E-state index in [9.17, 15) is 4.39 Å². The van der Waals surface area contributed by atoms with Crippen LogP contribution in [0.3, 0.4) is 0 Å². The van der Waals surface area contributed by atoms with E-state index in [-0.39, 0.29) is 5.82 Å². The lowest BCUT2D eigenvalue weighted by Crippen LogP contribution is -2.04. The third kappa shape index (κ3) is 3.14. The summed E-state index contributed by atoms with van der Waals surface area (Å²) in [6, 6.07) is 11.1. The number of benzene rings is 2. The van der Waals surface area contributed by atoms with Crippen molar-refractivity contribution in [3.8, 4) is 11.5 Å². The molecule has 1 heterocycles. The molecule has 3 aromatic rings. The molecule has 0 aliphatic heterocycles. The second-order valence-electron chi connectivity index (χ2n) is 5.15. The van der Waals surface area contributed by atoms with Crippen LogP contribution in [0.15, 0.2) is 47.1 Å². The van der Waals surface area contributed by atoms with Gasteiger partial charge in [0.15, 0.2) is 5.82 Å². The van der Waals surface area contributed by atoms with E-state index >= 15 is 0 Å². The van der Waals surface area contributed by atoms with Crippen LogP contribution < -0.4 is 14.8 Å². The van der Waals surface area contributed by atoms with E-state index in [0.717, 1.165) is 22.4 Å². The third-order valence-electron chi connectivity index (χ3n) is 3.76. The molecule has 0 atom stereocenters. The Morgan fingerprint density at radius 3 is 2.75 bits per heavy atom. The van der Waals surface area contributed by atoms with Gasteiger partial charge in [-0.05, 0) is 18.2 Å². The van der Waals surface area contributed by atoms with Gasteiger partial charge in [0.2, 0.25) is 0 Å². The lowest BCUT2D eigenvalue weighted by molar-refractivity contribution is 0.391. The van der Waals surface area contributed by atoms with Crippen molar-refractivity contribution in [3.05, 3.63) is 58.4 Å². The number of halogens is 2. The van der Waals surface area contributed by atoms with Crippen LogP contribution in [-0.2, 0) is 6.54 Å². The predicted molar refractivity (Wildman–Crippen MR) is 96.3 cm³/mol. The fourth-order valence-electron chi connectivity index (χ4n) is 2.54. The number of fused-ring (bicyclic) bond motifs is 1. The standard InChI is InChI=1S/C18H16BrFN2O2/c1-23-12-7-6-11(16(8-12)24-2)9-21-18-13-4-3-5-14(19)17(13)15(20)10-22-18/h3-8,10H,9H2,1-2H3,(H,21,22). The maximum absolute atomic E-state index is 14.0. The molecule has 2 aromatic carbocycles. The van der Waals surface area contributed by atoms with E-state index < -0.39 is 0 Å². The Kier molecular flexibility index (Phi) is 4.85. The number of rotatable bonds is 5. The van der Waals surface area contributed by atoms with Crippen molar-refractivity contribution in [1.82, 2.24) is 4.98 Å². The third-order valence-corrected chi connectivity index (χ3v) is 4.42. The average molecular weight is 391 g/mol. The van der Waals surface area contributed by atoms with Crippen LogP contribution in [0.25, 0.3) is 10.8 Å². The molecule has 0 aliphatic carbocycles. The van der Waals surface area contributed by atoms with Crippen molar-refractivity contribution in [1.29, 1.82) is 0 Å². The lowest BCUT2D eigenvalue weighted by Gasteiger charge is -2.13. The van der Waals surface area contributed by atoms with Gasteiger partial charge in [0.1, 0.15) is 17.3 Å². The van der Waals surface area contributed by atoms with Crippen LogP contribution in [0.2, 0.25) is 0 Å². The van der Waals surface area contributed by atoms with Crippen LogP contribution in [0.4, 0.5) is 10.2 Å². The molecule has 0 aliphatic rings. The highest BCUT2D eigenvalue weighted by molar-refractivity contribution is 9.10. The number of hydrogen-bond acceptors (Lipinski definition) is 4. The summed E-state index contributed by atoms with van der Waals surface area (Å²) in [5.74, 6) is 1.70. The minimum atomic E-state index is -0.356. The minimum absolute atomic E-state index is 0.356. The van der Waals surface area contributed by atoms with Crippen LogP contribution in [0, 0.1) is 5.82 Å². The fraction of sp³-hybridized carbons (Fsp3) is 0.167. The molecular formula is C18H16BrFN2O2. The summed E-state index contributed by atoms with van der Waals surface area (Å²) in [6.07, 6.45) is 1.22. The first kappa shape index (κ1) is 16.5. The first-order valence-corrected chi connectivity index (χ1v) is 8.11. The molecule has 0 amide bonds. The molecule has 0 spiro atoms. The largest absolute Gasteiger partial charge is 0.497 e. The summed E-state index contributed by atoms with van der Waals surface area (Å²) in [7, 11) is 3.22. The highest BCUT2D eigenvalue weighted by Crippen LogP contribution is 2.31. The highest BCUT2D eigenvalue weighted by Gasteiger charge is 2.11. The molecule has 0 saturated carbocycles. The van der Waals surface area contributed by atoms with Gasteiger partial charge >= 0.3 is 0 Å². The van der Waals surface area contributed by atoms with Gasteiger partial charge in [0.25, 0.3) is 0 Å². The summed E-state index contributed by atoms with van der Waals surface area (Å²) in [4.78, 5) is 4.18. The van der Waals surface area contributed by atoms with Gasteiger partial charge in [-0.25, -0.2) is 9.37 Å². The van der Waals surface area contributed by atoms with E-state index in [0.29, 0.717) is 22.2 Å². The van der Waals surface area contributed by atoms with Gasteiger partial charge in [0.05, 0.1) is 20.4 Å². The number of pyridine rings is 1. The lowest BCUT2D eigenvalue weighted by atomic mass is 10.1. The van der Waals surface area contributed by atoms with E-state index in [1.165, 1.54) is 6.20 Å². The summed E-state index contributed by atoms with van der Waals surface area (Å²) in [5, 5.41) is 4.48. The molecule has 1 aromatic heterocycles. The van der Waals surface area contributed by atoms with Crippen LogP contribution in [-0.4, -0.2) is 19.2 Å². The zero-order chi connectivity index (χ0) is 17.1. The molecule has 6 heteroatoms. The maximum Gasteiger partial charge on any atom is 0.150 e. The van der Waals surface area contributed by atoms with Crippen molar-refractivity contribution >= 4 is 32.5 Å². The topological polar surface area (TPSA) is 43.4 Å². The van der Waals surface area contributed by atoms with Crippen molar-refractivity contribution < 1.29 is 13.9 Å². The summed E-state index contributed by atoms with van der Waals surface area (Å²) >= 11 is 3.39. The SMILES string of the molecule is COc1ccc(CNc2ncc(F)c3c(Br)cccc23)c(OC)c1. The minimum Gasteiger partial charge on any atom is -0.497 e. The zero-order valence-electron chi connectivity index (χ0n) is 13.3. The fourth-order valence-corrected chi connectivity index (χ4v) is 3.09. The molecule has 0 radical (unpaired) electrons. The molecule has 0 fully saturated rings. The molecule has 124 valence electrons. The van der Waals surface area contributed by atoms with E-state index in [1.54, 1.807) is 14.2 Å². The molecule has 24 heavy (non-hydrogen) atoms. The van der Waals surface area contributed by atoms with Crippen LogP contribution in [0.5, 0.6) is 11.5 Å². The molecule has 0 bridgehead atoms. The Bertz CT molecular complexity index is 878. The Labute approximate surface area is 147 Å². The van der Waals surface area contributed by atoms with Crippen molar-refractivity contribution in [2.75, 3.05) is 19.5 Å². The molecule has 3 rings (SSSR count). The van der Waals surface area contributed by atoms with Gasteiger partial charge in [-0.15, -0.1) is 0 Å². The smallest absolute Gasteiger partial charge is 0.150 e. The monoisotopic (exact) mass is 390 g/mol. The molecule has 0 saturated heterocycles. The Morgan fingerprint density at radius 2 is 2.00 bits per heavy atom. The van der Waals surface area contributed by atoms with E-state index in [1.807, 2.05) is 36.4 Å². The predicted octanol–water partition coefficient (Wildman–Crippen LogP) is 4.77. The molecular weight excluding hydrogens is 375 g/mol. The number of methoxy groups -OCH3 is 2. The number of nitrogens with one attached hydrogen (secondary N) is 1. The Hall–Kier alpha value is -2.34. The van der Waals surface area contributed by atoms with Gasteiger partial charge in [0, 0.05) is 33.4 Å². The number of hydrogen-bond donors (Lipinski definition) is 1. The quantitative estimate of drug-likeness (QED) is 0.681. The number of anilines is 1. The molecule has 0 unspecified atom stereocenters. The first-order valence-electron chi connectivity index (χ1n) is 7.31. The van der Waals surface area contributed by atoms with Crippen LogP contribution in [0.1, 0.15) is 5.56 Å². The molecule has 4 nitrogen and oxygen atoms in total. The molecule has 1 N–H and O–H groups in total. The summed E-state index contributed by atoms with van der Waals surface area (Å²) in [5.41, 5.74) is 0.951. The number of nitrogens with zero attached hydrogens (tertiary/aromatic N) is 1. The average Bonchev–Trinajstić information content (AvgIpc) is 2.61. The van der Waals surface area contributed by atoms with Crippen LogP contribution >= 0.6 is 15.9 Å². The number of aromatic nitrogens is 1. The maximum atomic E-state index is 14.0. The normalized spacial score (nSPS) is 10.7. The summed E-state index contributed by atoms with van der Waals surface area (Å²) in [6.45, 7) is 0.493. The second kappa shape index (κ2) is 7.05. The first-order chi connectivity index (χ1) is 11.6.